The molecule has 0 aliphatic carbocycles. The van der Waals surface area contributed by atoms with Gasteiger partial charge in [-0.3, -0.25) is 0 Å². The molecular weight excluding hydrogens is 346 g/mol. The van der Waals surface area contributed by atoms with E-state index in [4.69, 9.17) is 26.2 Å². The summed E-state index contributed by atoms with van der Waals surface area (Å²) in [5, 5.41) is 42.3. The third-order valence-corrected chi connectivity index (χ3v) is 4.38. The lowest BCUT2D eigenvalue weighted by molar-refractivity contribution is 0.0450. The van der Waals surface area contributed by atoms with Gasteiger partial charge in [0.1, 0.15) is 6.10 Å². The normalized spacial score (nSPS) is 13.6. The Labute approximate surface area is 166 Å². The molecule has 6 heteroatoms. The van der Waals surface area contributed by atoms with Gasteiger partial charge in [0.05, 0.1) is 32.0 Å². The van der Waals surface area contributed by atoms with Crippen molar-refractivity contribution in [1.82, 2.24) is 0 Å². The van der Waals surface area contributed by atoms with E-state index >= 15 is 0 Å². The lowest BCUT2D eigenvalue weighted by Gasteiger charge is -2.11. The van der Waals surface area contributed by atoms with Gasteiger partial charge in [0.25, 0.3) is 0 Å². The van der Waals surface area contributed by atoms with E-state index in [1.807, 2.05) is 6.08 Å². The molecule has 2 atom stereocenters. The second-order valence-corrected chi connectivity index (χ2v) is 7.11. The number of unbranched alkanes of at least 4 members (excludes halogenated alkanes) is 11. The van der Waals surface area contributed by atoms with Crippen molar-refractivity contribution in [1.29, 1.82) is 0 Å². The molecule has 6 nitrogen and oxygen atoms in total. The first-order valence-corrected chi connectivity index (χ1v) is 10.6. The van der Waals surface area contributed by atoms with Crippen molar-refractivity contribution in [2.75, 3.05) is 19.8 Å². The van der Waals surface area contributed by atoms with Crippen LogP contribution in [0.1, 0.15) is 84.0 Å². The highest BCUT2D eigenvalue weighted by molar-refractivity contribution is 4.93. The molecule has 2 unspecified atom stereocenters. The third kappa shape index (κ3) is 23.5. The molecule has 0 aromatic rings. The SMILES string of the molecule is CCCCCCCCCCCCC/C=C/C(O)C(N)CO.OCC(O)CO. The van der Waals surface area contributed by atoms with Crippen LogP contribution in [-0.2, 0) is 0 Å². The summed E-state index contributed by atoms with van der Waals surface area (Å²) in [6, 6.07) is -0.557. The summed E-state index contributed by atoms with van der Waals surface area (Å²) in [5.41, 5.74) is 5.51. The van der Waals surface area contributed by atoms with Crippen molar-refractivity contribution in [3.63, 3.8) is 0 Å². The maximum atomic E-state index is 9.52. The van der Waals surface area contributed by atoms with Crippen LogP contribution < -0.4 is 5.73 Å². The van der Waals surface area contributed by atoms with E-state index in [1.54, 1.807) is 6.08 Å². The first-order chi connectivity index (χ1) is 13.0. The molecule has 0 aliphatic heterocycles. The van der Waals surface area contributed by atoms with Gasteiger partial charge < -0.3 is 31.3 Å². The molecule has 0 aliphatic rings. The van der Waals surface area contributed by atoms with Gasteiger partial charge in [-0.25, -0.2) is 0 Å². The van der Waals surface area contributed by atoms with Crippen LogP contribution in [0.25, 0.3) is 0 Å². The number of nitrogens with two attached hydrogens (primary N) is 1. The first kappa shape index (κ1) is 28.7. The molecule has 0 amide bonds. The summed E-state index contributed by atoms with van der Waals surface area (Å²) < 4.78 is 0. The Morgan fingerprint density at radius 3 is 1.52 bits per heavy atom. The maximum absolute atomic E-state index is 9.52. The van der Waals surface area contributed by atoms with Crippen LogP contribution in [0.3, 0.4) is 0 Å². The summed E-state index contributed by atoms with van der Waals surface area (Å²) in [7, 11) is 0. The summed E-state index contributed by atoms with van der Waals surface area (Å²) in [6.07, 6.45) is 17.9. The predicted molar refractivity (Wildman–Crippen MR) is 111 cm³/mol. The standard InChI is InChI=1S/C18H37NO2.C3H8O3/c1-2-3-4-5-6-7-8-9-10-11-12-13-14-15-18(21)17(19)16-20;4-1-3(6)2-5/h14-15,17-18,20-21H,2-13,16,19H2,1H3;3-6H,1-2H2/b15-14+;. The van der Waals surface area contributed by atoms with Gasteiger partial charge in [0.15, 0.2) is 0 Å². The molecule has 0 fully saturated rings. The van der Waals surface area contributed by atoms with Crippen LogP contribution >= 0.6 is 0 Å². The van der Waals surface area contributed by atoms with Crippen molar-refractivity contribution in [2.24, 2.45) is 5.73 Å². The van der Waals surface area contributed by atoms with Crippen molar-refractivity contribution in [3.8, 4) is 0 Å². The van der Waals surface area contributed by atoms with E-state index in [2.05, 4.69) is 6.92 Å². The molecule has 0 rings (SSSR count). The molecule has 0 radical (unpaired) electrons. The van der Waals surface area contributed by atoms with Gasteiger partial charge in [-0.05, 0) is 12.8 Å². The Morgan fingerprint density at radius 1 is 0.704 bits per heavy atom. The van der Waals surface area contributed by atoms with Gasteiger partial charge in [0, 0.05) is 0 Å². The smallest absolute Gasteiger partial charge is 0.100 e. The molecule has 0 aromatic heterocycles. The quantitative estimate of drug-likeness (QED) is 0.167. The minimum Gasteiger partial charge on any atom is -0.395 e. The summed E-state index contributed by atoms with van der Waals surface area (Å²) in [5.74, 6) is 0. The zero-order valence-electron chi connectivity index (χ0n) is 17.3. The van der Waals surface area contributed by atoms with Gasteiger partial charge >= 0.3 is 0 Å². The second-order valence-electron chi connectivity index (χ2n) is 7.11. The van der Waals surface area contributed by atoms with Crippen molar-refractivity contribution >= 4 is 0 Å². The molecule has 0 saturated carbocycles. The second kappa shape index (κ2) is 23.5. The van der Waals surface area contributed by atoms with Gasteiger partial charge in [-0.1, -0.05) is 83.3 Å². The van der Waals surface area contributed by atoms with E-state index in [0.717, 1.165) is 6.42 Å². The fourth-order valence-corrected chi connectivity index (χ4v) is 2.47. The van der Waals surface area contributed by atoms with Crippen LogP contribution in [0.2, 0.25) is 0 Å². The largest absolute Gasteiger partial charge is 0.395 e. The zero-order chi connectivity index (χ0) is 20.8. The molecule has 7 N–H and O–H groups in total. The molecule has 0 aromatic carbocycles. The topological polar surface area (TPSA) is 127 Å². The predicted octanol–water partition coefficient (Wildman–Crippen LogP) is 2.26. The summed E-state index contributed by atoms with van der Waals surface area (Å²) in [4.78, 5) is 0. The Balaban J connectivity index is 0. The number of allylic oxidation sites excluding steroid dienone is 1. The van der Waals surface area contributed by atoms with Crippen LogP contribution in [0, 0.1) is 0 Å². The fraction of sp³-hybridized carbons (Fsp3) is 0.905. The van der Waals surface area contributed by atoms with E-state index in [9.17, 15) is 5.11 Å². The minimum atomic E-state index is -0.954. The highest BCUT2D eigenvalue weighted by Crippen LogP contribution is 2.12. The average Bonchev–Trinajstić information content (AvgIpc) is 2.70. The van der Waals surface area contributed by atoms with E-state index < -0.39 is 18.2 Å². The molecule has 0 spiro atoms. The van der Waals surface area contributed by atoms with Crippen molar-refractivity contribution in [3.05, 3.63) is 12.2 Å². The van der Waals surface area contributed by atoms with E-state index in [0.29, 0.717) is 0 Å². The zero-order valence-corrected chi connectivity index (χ0v) is 17.3. The lowest BCUT2D eigenvalue weighted by Crippen LogP contribution is -2.36. The van der Waals surface area contributed by atoms with Crippen molar-refractivity contribution in [2.45, 2.75) is 102 Å². The van der Waals surface area contributed by atoms with Crippen LogP contribution in [0.5, 0.6) is 0 Å². The molecule has 0 bridgehead atoms. The Bertz CT molecular complexity index is 298. The lowest BCUT2D eigenvalue weighted by atomic mass is 10.0. The van der Waals surface area contributed by atoms with Gasteiger partial charge in [-0.15, -0.1) is 0 Å². The average molecular weight is 392 g/mol. The van der Waals surface area contributed by atoms with E-state index in [1.165, 1.54) is 70.6 Å². The number of aliphatic hydroxyl groups is 5. The van der Waals surface area contributed by atoms with E-state index in [-0.39, 0.29) is 19.8 Å². The van der Waals surface area contributed by atoms with Crippen LogP contribution in [0.4, 0.5) is 0 Å². The Kier molecular flexibility index (Phi) is 25.0. The maximum Gasteiger partial charge on any atom is 0.100 e. The Morgan fingerprint density at radius 2 is 1.15 bits per heavy atom. The van der Waals surface area contributed by atoms with Crippen LogP contribution in [0.15, 0.2) is 12.2 Å². The highest BCUT2D eigenvalue weighted by Gasteiger charge is 2.08. The minimum absolute atomic E-state index is 0.177. The Hall–Kier alpha value is -0.500. The number of aliphatic hydroxyl groups excluding tert-OH is 5. The van der Waals surface area contributed by atoms with Crippen molar-refractivity contribution < 1.29 is 25.5 Å². The summed E-state index contributed by atoms with van der Waals surface area (Å²) in [6.45, 7) is 1.36. The molecule has 164 valence electrons. The summed E-state index contributed by atoms with van der Waals surface area (Å²) >= 11 is 0. The van der Waals surface area contributed by atoms with Gasteiger partial charge in [-0.2, -0.15) is 0 Å². The molecule has 0 saturated heterocycles. The third-order valence-electron chi connectivity index (χ3n) is 4.38. The first-order valence-electron chi connectivity index (χ1n) is 10.6. The number of hydrogen-bond donors (Lipinski definition) is 6. The highest BCUT2D eigenvalue weighted by atomic mass is 16.3. The monoisotopic (exact) mass is 391 g/mol. The van der Waals surface area contributed by atoms with Gasteiger partial charge in [0.2, 0.25) is 0 Å². The molecule has 0 heterocycles. The molecule has 27 heavy (non-hydrogen) atoms. The number of rotatable bonds is 17. The number of hydrogen-bond acceptors (Lipinski definition) is 6. The fourth-order valence-electron chi connectivity index (χ4n) is 2.47. The molecular formula is C21H45NO5. The van der Waals surface area contributed by atoms with Crippen LogP contribution in [-0.4, -0.2) is 63.6 Å².